The molecule has 0 saturated carbocycles. The van der Waals surface area contributed by atoms with Crippen LogP contribution >= 0.6 is 11.6 Å². The number of amides is 1. The lowest BCUT2D eigenvalue weighted by Gasteiger charge is -2.22. The Hall–Kier alpha value is -3.65. The van der Waals surface area contributed by atoms with Crippen LogP contribution in [0.3, 0.4) is 0 Å². The molecule has 0 spiro atoms. The molecular weight excluding hydrogens is 460 g/mol. The molecule has 3 aromatic rings. The fourth-order valence-corrected chi connectivity index (χ4v) is 3.57. The third kappa shape index (κ3) is 6.02. The van der Waals surface area contributed by atoms with Crippen LogP contribution in [-0.2, 0) is 9.53 Å². The smallest absolute Gasteiger partial charge is 0.408 e. The Morgan fingerprint density at radius 2 is 1.76 bits per heavy atom. The van der Waals surface area contributed by atoms with Crippen LogP contribution in [0.1, 0.15) is 60.6 Å². The van der Waals surface area contributed by atoms with Gasteiger partial charge in [0, 0.05) is 16.1 Å². The molecule has 2 aromatic carbocycles. The first-order valence-electron chi connectivity index (χ1n) is 10.5. The number of aryl methyl sites for hydroxylation is 1. The van der Waals surface area contributed by atoms with E-state index in [9.17, 15) is 19.5 Å². The van der Waals surface area contributed by atoms with Crippen molar-refractivity contribution in [3.63, 3.8) is 0 Å². The largest absolute Gasteiger partial charge is 0.481 e. The fraction of sp³-hybridized carbons (Fsp3) is 0.280. The minimum absolute atomic E-state index is 0.113. The summed E-state index contributed by atoms with van der Waals surface area (Å²) in [5.74, 6) is -1.30. The molecule has 1 aromatic heterocycles. The molecule has 178 valence electrons. The Bertz CT molecular complexity index is 1210. The van der Waals surface area contributed by atoms with Crippen molar-refractivity contribution < 1.29 is 28.8 Å². The highest BCUT2D eigenvalue weighted by Gasteiger charge is 2.30. The van der Waals surface area contributed by atoms with E-state index in [1.807, 2.05) is 0 Å². The van der Waals surface area contributed by atoms with Gasteiger partial charge < -0.3 is 19.7 Å². The van der Waals surface area contributed by atoms with Gasteiger partial charge in [-0.05, 0) is 57.5 Å². The number of aliphatic carboxylic acids is 1. The van der Waals surface area contributed by atoms with E-state index in [0.717, 1.165) is 0 Å². The number of hydrogen-bond donors (Lipinski definition) is 2. The summed E-state index contributed by atoms with van der Waals surface area (Å²) in [4.78, 5) is 37.3. The number of carbonyl (C=O) groups is 3. The van der Waals surface area contributed by atoms with E-state index < -0.39 is 30.1 Å². The second-order valence-electron chi connectivity index (χ2n) is 8.69. The van der Waals surface area contributed by atoms with Crippen LogP contribution in [0.2, 0.25) is 5.02 Å². The Balaban J connectivity index is 2.06. The van der Waals surface area contributed by atoms with Crippen LogP contribution < -0.4 is 5.32 Å². The second kappa shape index (κ2) is 10.1. The first kappa shape index (κ1) is 25.0. The maximum Gasteiger partial charge on any atom is 0.408 e. The summed E-state index contributed by atoms with van der Waals surface area (Å²) in [6.45, 7) is 6.77. The number of carboxylic acids is 1. The van der Waals surface area contributed by atoms with E-state index in [0.29, 0.717) is 33.0 Å². The maximum absolute atomic E-state index is 13.3. The van der Waals surface area contributed by atoms with Gasteiger partial charge in [0.15, 0.2) is 11.5 Å². The van der Waals surface area contributed by atoms with Gasteiger partial charge in [-0.15, -0.1) is 0 Å². The monoisotopic (exact) mass is 484 g/mol. The van der Waals surface area contributed by atoms with Crippen LogP contribution in [-0.4, -0.2) is 33.7 Å². The van der Waals surface area contributed by atoms with E-state index in [2.05, 4.69) is 10.5 Å². The molecule has 0 aliphatic carbocycles. The molecule has 0 aliphatic rings. The molecule has 9 heteroatoms. The lowest BCUT2D eigenvalue weighted by atomic mass is 9.91. The Labute approximate surface area is 201 Å². The number of rotatable bonds is 7. The Kier molecular flexibility index (Phi) is 7.41. The van der Waals surface area contributed by atoms with Crippen molar-refractivity contribution in [1.82, 2.24) is 10.5 Å². The molecule has 2 N–H and O–H groups in total. The van der Waals surface area contributed by atoms with E-state index >= 15 is 0 Å². The van der Waals surface area contributed by atoms with Gasteiger partial charge in [0.25, 0.3) is 0 Å². The van der Waals surface area contributed by atoms with Gasteiger partial charge >= 0.3 is 12.1 Å². The molecular formula is C25H25ClN2O6. The number of hydrogen-bond acceptors (Lipinski definition) is 6. The zero-order valence-electron chi connectivity index (χ0n) is 19.2. The maximum atomic E-state index is 13.3. The summed E-state index contributed by atoms with van der Waals surface area (Å²) in [6.07, 6.45) is -1.28. The Morgan fingerprint density at radius 1 is 1.12 bits per heavy atom. The van der Waals surface area contributed by atoms with Gasteiger partial charge in [0.05, 0.1) is 17.7 Å². The summed E-state index contributed by atoms with van der Waals surface area (Å²) in [6, 6.07) is 12.3. The summed E-state index contributed by atoms with van der Waals surface area (Å²) in [5.41, 5.74) is 1.38. The van der Waals surface area contributed by atoms with E-state index in [-0.39, 0.29) is 11.5 Å². The molecule has 1 heterocycles. The normalized spacial score (nSPS) is 12.1. The van der Waals surface area contributed by atoms with E-state index in [4.69, 9.17) is 20.9 Å². The predicted octanol–water partition coefficient (Wildman–Crippen LogP) is 5.57. The number of nitrogens with zero attached hydrogens (tertiary/aromatic N) is 1. The molecule has 1 atom stereocenters. The number of aromatic nitrogens is 1. The zero-order valence-corrected chi connectivity index (χ0v) is 20.0. The van der Waals surface area contributed by atoms with Gasteiger partial charge in [-0.25, -0.2) is 4.79 Å². The van der Waals surface area contributed by atoms with Gasteiger partial charge in [0.2, 0.25) is 0 Å². The number of halogens is 1. The Morgan fingerprint density at radius 3 is 2.38 bits per heavy atom. The molecule has 0 aliphatic heterocycles. The molecule has 0 radical (unpaired) electrons. The van der Waals surface area contributed by atoms with Crippen LogP contribution in [0.15, 0.2) is 53.1 Å². The first-order chi connectivity index (χ1) is 16.0. The number of ketones is 1. The van der Waals surface area contributed by atoms with Crippen molar-refractivity contribution in [2.24, 2.45) is 0 Å². The number of carbonyl (C=O) groups excluding carboxylic acids is 2. The zero-order chi connectivity index (χ0) is 25.0. The standard InChI is InChI=1S/C25H25ClN2O6/c1-14-21(17-7-5-6-8-18(17)22(31)15-9-11-16(26)12-10-15)23(34-28-14)19(13-20(29)30)27-24(32)33-25(2,3)4/h5-12,19H,13H2,1-4H3,(H,27,32)(H,29,30). The molecule has 34 heavy (non-hydrogen) atoms. The molecule has 8 nitrogen and oxygen atoms in total. The SMILES string of the molecule is Cc1noc(C(CC(=O)O)NC(=O)OC(C)(C)C)c1-c1ccccc1C(=O)c1ccc(Cl)cc1. The van der Waals surface area contributed by atoms with Gasteiger partial charge in [-0.3, -0.25) is 9.59 Å². The highest BCUT2D eigenvalue weighted by molar-refractivity contribution is 6.30. The number of benzene rings is 2. The molecule has 0 fully saturated rings. The summed E-state index contributed by atoms with van der Waals surface area (Å²) in [5, 5.41) is 16.5. The van der Waals surface area contributed by atoms with Crippen LogP contribution in [0.5, 0.6) is 0 Å². The van der Waals surface area contributed by atoms with Crippen molar-refractivity contribution in [2.75, 3.05) is 0 Å². The van der Waals surface area contributed by atoms with Crippen LogP contribution in [0.4, 0.5) is 4.79 Å². The van der Waals surface area contributed by atoms with E-state index in [1.165, 1.54) is 0 Å². The lowest BCUT2D eigenvalue weighted by molar-refractivity contribution is -0.137. The van der Waals surface area contributed by atoms with Crippen LogP contribution in [0.25, 0.3) is 11.1 Å². The molecule has 1 amide bonds. The van der Waals surface area contributed by atoms with Gasteiger partial charge in [-0.2, -0.15) is 0 Å². The van der Waals surface area contributed by atoms with Crippen molar-refractivity contribution in [2.45, 2.75) is 45.8 Å². The van der Waals surface area contributed by atoms with Crippen molar-refractivity contribution in [1.29, 1.82) is 0 Å². The van der Waals surface area contributed by atoms with Crippen molar-refractivity contribution >= 4 is 29.4 Å². The summed E-state index contributed by atoms with van der Waals surface area (Å²) in [7, 11) is 0. The number of nitrogens with one attached hydrogen (secondary N) is 1. The molecule has 0 saturated heterocycles. The third-order valence-corrected chi connectivity index (χ3v) is 5.07. The van der Waals surface area contributed by atoms with Crippen LogP contribution in [0, 0.1) is 6.92 Å². The average Bonchev–Trinajstić information content (AvgIpc) is 3.13. The third-order valence-electron chi connectivity index (χ3n) is 4.82. The topological polar surface area (TPSA) is 119 Å². The van der Waals surface area contributed by atoms with Gasteiger partial charge in [-0.1, -0.05) is 41.0 Å². The van der Waals surface area contributed by atoms with Crippen molar-refractivity contribution in [3.05, 3.63) is 76.1 Å². The summed E-state index contributed by atoms with van der Waals surface area (Å²) < 4.78 is 10.8. The second-order valence-corrected chi connectivity index (χ2v) is 9.12. The minimum atomic E-state index is -1.16. The molecule has 0 bridgehead atoms. The molecule has 1 unspecified atom stereocenters. The minimum Gasteiger partial charge on any atom is -0.481 e. The quantitative estimate of drug-likeness (QED) is 0.420. The van der Waals surface area contributed by atoms with E-state index in [1.54, 1.807) is 76.2 Å². The van der Waals surface area contributed by atoms with Crippen molar-refractivity contribution in [3.8, 4) is 11.1 Å². The highest BCUT2D eigenvalue weighted by Crippen LogP contribution is 2.36. The molecule has 3 rings (SSSR count). The lowest BCUT2D eigenvalue weighted by Crippen LogP contribution is -2.35. The number of alkyl carbamates (subject to hydrolysis) is 1. The summed E-state index contributed by atoms with van der Waals surface area (Å²) >= 11 is 5.95. The van der Waals surface area contributed by atoms with Gasteiger partial charge in [0.1, 0.15) is 11.6 Å². The fourth-order valence-electron chi connectivity index (χ4n) is 3.44. The number of ether oxygens (including phenoxy) is 1. The number of carboxylic acid groups (broad SMARTS) is 1. The predicted molar refractivity (Wildman–Crippen MR) is 126 cm³/mol. The average molecular weight is 485 g/mol. The first-order valence-corrected chi connectivity index (χ1v) is 10.9. The highest BCUT2D eigenvalue weighted by atomic mass is 35.5.